The maximum Gasteiger partial charge on any atom is 0.358 e. The Balaban J connectivity index is 1.73. The average Bonchev–Trinajstić information content (AvgIpc) is 3.21. The molecule has 1 aliphatic rings. The zero-order chi connectivity index (χ0) is 20.8. The van der Waals surface area contributed by atoms with Crippen LogP contribution in [0.1, 0.15) is 57.7 Å². The SMILES string of the molecule is CCc1nn(CCOC(=O)c2cc(C)n(C)n2)c2c1C(=O)NCCCOCCC2. The Hall–Kier alpha value is -2.68. The smallest absolute Gasteiger partial charge is 0.358 e. The van der Waals surface area contributed by atoms with Crippen LogP contribution in [-0.4, -0.2) is 57.8 Å². The normalized spacial score (nSPS) is 15.3. The number of fused-ring (bicyclic) bond motifs is 1. The van der Waals surface area contributed by atoms with Gasteiger partial charge in [-0.15, -0.1) is 0 Å². The summed E-state index contributed by atoms with van der Waals surface area (Å²) in [7, 11) is 1.78. The first kappa shape index (κ1) is 21.0. The number of amides is 1. The highest BCUT2D eigenvalue weighted by molar-refractivity contribution is 5.96. The monoisotopic (exact) mass is 403 g/mol. The summed E-state index contributed by atoms with van der Waals surface area (Å²) < 4.78 is 14.4. The lowest BCUT2D eigenvalue weighted by Gasteiger charge is -2.10. The van der Waals surface area contributed by atoms with Crippen molar-refractivity contribution in [3.63, 3.8) is 0 Å². The molecular weight excluding hydrogens is 374 g/mol. The van der Waals surface area contributed by atoms with Gasteiger partial charge >= 0.3 is 5.97 Å². The molecule has 0 fully saturated rings. The Kier molecular flexibility index (Phi) is 7.03. The Labute approximate surface area is 170 Å². The van der Waals surface area contributed by atoms with Crippen LogP contribution in [0, 0.1) is 6.92 Å². The zero-order valence-corrected chi connectivity index (χ0v) is 17.4. The minimum atomic E-state index is -0.463. The van der Waals surface area contributed by atoms with Gasteiger partial charge in [-0.25, -0.2) is 4.79 Å². The summed E-state index contributed by atoms with van der Waals surface area (Å²) in [6, 6.07) is 1.70. The molecule has 2 aromatic heterocycles. The van der Waals surface area contributed by atoms with Gasteiger partial charge in [0.15, 0.2) is 5.69 Å². The molecular formula is C20H29N5O4. The number of aromatic nitrogens is 4. The first-order valence-electron chi connectivity index (χ1n) is 10.1. The van der Waals surface area contributed by atoms with Crippen molar-refractivity contribution in [2.24, 2.45) is 7.05 Å². The summed E-state index contributed by atoms with van der Waals surface area (Å²) in [5, 5.41) is 11.7. The predicted molar refractivity (Wildman–Crippen MR) is 106 cm³/mol. The van der Waals surface area contributed by atoms with Crippen molar-refractivity contribution in [2.75, 3.05) is 26.4 Å². The van der Waals surface area contributed by atoms with E-state index in [1.54, 1.807) is 22.5 Å². The zero-order valence-electron chi connectivity index (χ0n) is 17.4. The fraction of sp³-hybridized carbons (Fsp3) is 0.600. The van der Waals surface area contributed by atoms with E-state index in [1.807, 2.05) is 13.8 Å². The second-order valence-corrected chi connectivity index (χ2v) is 7.10. The van der Waals surface area contributed by atoms with E-state index in [1.165, 1.54) is 0 Å². The Morgan fingerprint density at radius 2 is 2.10 bits per heavy atom. The molecule has 0 atom stereocenters. The summed E-state index contributed by atoms with van der Waals surface area (Å²) in [5.74, 6) is -0.554. The van der Waals surface area contributed by atoms with E-state index < -0.39 is 5.97 Å². The van der Waals surface area contributed by atoms with E-state index in [-0.39, 0.29) is 18.2 Å². The van der Waals surface area contributed by atoms with Crippen LogP contribution < -0.4 is 5.32 Å². The third-order valence-corrected chi connectivity index (χ3v) is 5.00. The van der Waals surface area contributed by atoms with Crippen LogP contribution in [0.15, 0.2) is 6.07 Å². The largest absolute Gasteiger partial charge is 0.459 e. The molecule has 1 amide bonds. The molecule has 3 heterocycles. The molecule has 9 heteroatoms. The molecule has 0 bridgehead atoms. The molecule has 9 nitrogen and oxygen atoms in total. The molecule has 2 aromatic rings. The van der Waals surface area contributed by atoms with E-state index in [9.17, 15) is 9.59 Å². The molecule has 0 aromatic carbocycles. The topological polar surface area (TPSA) is 100 Å². The average molecular weight is 403 g/mol. The predicted octanol–water partition coefficient (Wildman–Crippen LogP) is 1.43. The number of hydrogen-bond acceptors (Lipinski definition) is 6. The van der Waals surface area contributed by atoms with Crippen molar-refractivity contribution in [2.45, 2.75) is 46.1 Å². The fourth-order valence-corrected chi connectivity index (χ4v) is 3.37. The number of aryl methyl sites for hydroxylation is 3. The van der Waals surface area contributed by atoms with Crippen molar-refractivity contribution in [3.05, 3.63) is 34.4 Å². The number of nitrogens with zero attached hydrogens (tertiary/aromatic N) is 4. The lowest BCUT2D eigenvalue weighted by molar-refractivity contribution is 0.0478. The van der Waals surface area contributed by atoms with E-state index in [4.69, 9.17) is 9.47 Å². The van der Waals surface area contributed by atoms with Crippen LogP contribution in [-0.2, 0) is 35.9 Å². The van der Waals surface area contributed by atoms with E-state index in [0.717, 1.165) is 29.9 Å². The number of esters is 1. The molecule has 0 unspecified atom stereocenters. The summed E-state index contributed by atoms with van der Waals surface area (Å²) in [6.07, 6.45) is 2.94. The van der Waals surface area contributed by atoms with Gasteiger partial charge in [-0.1, -0.05) is 6.92 Å². The maximum atomic E-state index is 12.7. The number of carbonyl (C=O) groups is 2. The highest BCUT2D eigenvalue weighted by atomic mass is 16.5. The van der Waals surface area contributed by atoms with Crippen molar-refractivity contribution < 1.29 is 19.1 Å². The molecule has 0 saturated heterocycles. The van der Waals surface area contributed by atoms with Gasteiger partial charge in [0, 0.05) is 32.5 Å². The van der Waals surface area contributed by atoms with Crippen molar-refractivity contribution in [1.82, 2.24) is 24.9 Å². The second-order valence-electron chi connectivity index (χ2n) is 7.10. The Bertz CT molecular complexity index is 851. The molecule has 1 N–H and O–H groups in total. The third-order valence-electron chi connectivity index (χ3n) is 5.00. The number of hydrogen-bond donors (Lipinski definition) is 1. The van der Waals surface area contributed by atoms with E-state index in [2.05, 4.69) is 15.5 Å². The molecule has 1 aliphatic heterocycles. The van der Waals surface area contributed by atoms with Gasteiger partial charge in [0.25, 0.3) is 5.91 Å². The summed E-state index contributed by atoms with van der Waals surface area (Å²) >= 11 is 0. The summed E-state index contributed by atoms with van der Waals surface area (Å²) in [5.41, 5.74) is 3.46. The fourth-order valence-electron chi connectivity index (χ4n) is 3.37. The van der Waals surface area contributed by atoms with Crippen molar-refractivity contribution in [3.8, 4) is 0 Å². The van der Waals surface area contributed by atoms with Gasteiger partial charge in [-0.3, -0.25) is 14.2 Å². The van der Waals surface area contributed by atoms with E-state index >= 15 is 0 Å². The molecule has 29 heavy (non-hydrogen) atoms. The number of carbonyl (C=O) groups excluding carboxylic acids is 2. The third kappa shape index (κ3) is 5.03. The first-order chi connectivity index (χ1) is 14.0. The molecule has 0 radical (unpaired) electrons. The van der Waals surface area contributed by atoms with Gasteiger partial charge in [0.2, 0.25) is 0 Å². The quantitative estimate of drug-likeness (QED) is 0.758. The van der Waals surface area contributed by atoms with E-state index in [0.29, 0.717) is 44.7 Å². The van der Waals surface area contributed by atoms with Crippen LogP contribution in [0.25, 0.3) is 0 Å². The van der Waals surface area contributed by atoms with Crippen molar-refractivity contribution in [1.29, 1.82) is 0 Å². The minimum absolute atomic E-state index is 0.0917. The molecule has 0 spiro atoms. The van der Waals surface area contributed by atoms with Crippen molar-refractivity contribution >= 4 is 11.9 Å². The van der Waals surface area contributed by atoms with Gasteiger partial charge in [0.05, 0.1) is 23.5 Å². The first-order valence-corrected chi connectivity index (χ1v) is 10.1. The molecule has 158 valence electrons. The summed E-state index contributed by atoms with van der Waals surface area (Å²) in [4.78, 5) is 24.9. The lowest BCUT2D eigenvalue weighted by Crippen LogP contribution is -2.26. The highest BCUT2D eigenvalue weighted by Gasteiger charge is 2.23. The number of ether oxygens (including phenoxy) is 2. The molecule has 0 aliphatic carbocycles. The van der Waals surface area contributed by atoms with Crippen LogP contribution in [0.5, 0.6) is 0 Å². The molecule has 3 rings (SSSR count). The lowest BCUT2D eigenvalue weighted by atomic mass is 10.1. The Morgan fingerprint density at radius 1 is 1.31 bits per heavy atom. The number of rotatable bonds is 5. The van der Waals surface area contributed by atoms with Gasteiger partial charge in [-0.05, 0) is 38.7 Å². The van der Waals surface area contributed by atoms with Gasteiger partial charge < -0.3 is 14.8 Å². The summed E-state index contributed by atoms with van der Waals surface area (Å²) in [6.45, 7) is 6.27. The Morgan fingerprint density at radius 3 is 2.83 bits per heavy atom. The second kappa shape index (κ2) is 9.69. The number of nitrogens with one attached hydrogen (secondary N) is 1. The standard InChI is InChI=1S/C20H29N5O4/c1-4-15-18-17(7-5-10-28-11-6-8-21-19(18)26)25(23-15)9-12-29-20(27)16-13-14(2)24(3)22-16/h13H,4-12H2,1-3H3,(H,21,26). The van der Waals surface area contributed by atoms with Gasteiger partial charge in [-0.2, -0.15) is 10.2 Å². The van der Waals surface area contributed by atoms with Gasteiger partial charge in [0.1, 0.15) is 6.61 Å². The molecule has 0 saturated carbocycles. The van der Waals surface area contributed by atoms with Crippen LogP contribution in [0.3, 0.4) is 0 Å². The minimum Gasteiger partial charge on any atom is -0.459 e. The van der Waals surface area contributed by atoms with Crippen LogP contribution in [0.4, 0.5) is 0 Å². The maximum absolute atomic E-state index is 12.7. The van der Waals surface area contributed by atoms with Crippen LogP contribution in [0.2, 0.25) is 0 Å². The van der Waals surface area contributed by atoms with Crippen LogP contribution >= 0.6 is 0 Å². The highest BCUT2D eigenvalue weighted by Crippen LogP contribution is 2.18.